The predicted octanol–water partition coefficient (Wildman–Crippen LogP) is 6.33. The van der Waals surface area contributed by atoms with Gasteiger partial charge in [0.2, 0.25) is 0 Å². The lowest BCUT2D eigenvalue weighted by Crippen LogP contribution is -2.24. The van der Waals surface area contributed by atoms with Gasteiger partial charge in [0.1, 0.15) is 5.75 Å². The lowest BCUT2D eigenvalue weighted by atomic mass is 10.0. The summed E-state index contributed by atoms with van der Waals surface area (Å²) in [6.07, 6.45) is 1.77. The van der Waals surface area contributed by atoms with E-state index in [0.717, 1.165) is 34.0 Å². The van der Waals surface area contributed by atoms with Gasteiger partial charge in [0.05, 0.1) is 30.6 Å². The molecule has 0 unspecified atom stereocenters. The first kappa shape index (κ1) is 25.3. The Hall–Kier alpha value is -3.77. The Labute approximate surface area is 216 Å². The molecule has 0 bridgehead atoms. The Morgan fingerprint density at radius 3 is 2.28 bits per heavy atom. The summed E-state index contributed by atoms with van der Waals surface area (Å²) in [6, 6.07) is 15.3. The third-order valence-electron chi connectivity index (χ3n) is 6.38. The lowest BCUT2D eigenvalue weighted by molar-refractivity contribution is -0.136. The van der Waals surface area contributed by atoms with Crippen molar-refractivity contribution in [1.29, 1.82) is 0 Å². The Balaban J connectivity index is 1.80. The summed E-state index contributed by atoms with van der Waals surface area (Å²) in [5.41, 5.74) is 6.27. The Kier molecular flexibility index (Phi) is 7.09. The van der Waals surface area contributed by atoms with Gasteiger partial charge < -0.3 is 14.0 Å². The largest absolute Gasteiger partial charge is 0.494 e. The predicted molar refractivity (Wildman–Crippen MR) is 143 cm³/mol. The Bertz CT molecular complexity index is 1410. The summed E-state index contributed by atoms with van der Waals surface area (Å²) in [5, 5.41) is 0.545. The SMILES string of the molecule is CCOc1ccc(-n2c(C)cc(/C=C3\C(=O)N(c4ccc(C)c(Cl)c4)C(C)=C3C(=O)OC)c2C)cc1. The van der Waals surface area contributed by atoms with Crippen molar-refractivity contribution in [3.05, 3.63) is 92.9 Å². The van der Waals surface area contributed by atoms with Crippen LogP contribution in [0, 0.1) is 20.8 Å². The van der Waals surface area contributed by atoms with Crippen molar-refractivity contribution < 1.29 is 19.1 Å². The first-order chi connectivity index (χ1) is 17.2. The summed E-state index contributed by atoms with van der Waals surface area (Å²) < 4.78 is 12.7. The number of benzene rings is 2. The molecule has 0 fully saturated rings. The van der Waals surface area contributed by atoms with E-state index in [4.69, 9.17) is 21.1 Å². The molecule has 0 saturated heterocycles. The van der Waals surface area contributed by atoms with Crippen LogP contribution in [0.25, 0.3) is 11.8 Å². The number of ether oxygens (including phenoxy) is 2. The number of carbonyl (C=O) groups is 2. The molecule has 6 nitrogen and oxygen atoms in total. The van der Waals surface area contributed by atoms with E-state index in [1.54, 1.807) is 19.1 Å². The molecule has 0 aliphatic carbocycles. The molecular formula is C29H29ClN2O4. The van der Waals surface area contributed by atoms with Crippen LogP contribution < -0.4 is 9.64 Å². The molecule has 1 aliphatic rings. The monoisotopic (exact) mass is 504 g/mol. The summed E-state index contributed by atoms with van der Waals surface area (Å²) in [5.74, 6) is -0.0611. The summed E-state index contributed by atoms with van der Waals surface area (Å²) in [4.78, 5) is 28.0. The van der Waals surface area contributed by atoms with Gasteiger partial charge in [-0.05, 0) is 94.3 Å². The number of hydrogen-bond donors (Lipinski definition) is 0. The van der Waals surface area contributed by atoms with Gasteiger partial charge >= 0.3 is 5.97 Å². The topological polar surface area (TPSA) is 60.8 Å². The van der Waals surface area contributed by atoms with Crippen LogP contribution in [-0.2, 0) is 14.3 Å². The molecule has 2 heterocycles. The van der Waals surface area contributed by atoms with Gasteiger partial charge in [0.15, 0.2) is 0 Å². The fraction of sp³-hybridized carbons (Fsp3) is 0.241. The van der Waals surface area contributed by atoms with Crippen LogP contribution in [0.15, 0.2) is 65.4 Å². The first-order valence-electron chi connectivity index (χ1n) is 11.7. The number of hydrogen-bond acceptors (Lipinski definition) is 4. The number of allylic oxidation sites excluding steroid dienone is 1. The molecule has 1 aromatic heterocycles. The van der Waals surface area contributed by atoms with Gasteiger partial charge in [0.25, 0.3) is 5.91 Å². The molecule has 0 atom stereocenters. The van der Waals surface area contributed by atoms with Crippen LogP contribution in [0.1, 0.15) is 36.4 Å². The van der Waals surface area contributed by atoms with Crippen molar-refractivity contribution in [2.45, 2.75) is 34.6 Å². The number of aromatic nitrogens is 1. The standard InChI is InChI=1S/C29H29ClN2O4/c1-7-36-24-12-10-22(11-13-24)31-18(3)14-21(19(31)4)15-25-27(29(34)35-6)20(5)32(28(25)33)23-9-8-17(2)26(30)16-23/h8-16H,7H2,1-6H3/b25-15-. The quantitative estimate of drug-likeness (QED) is 0.290. The Morgan fingerprint density at radius 1 is 1.00 bits per heavy atom. The number of halogens is 1. The lowest BCUT2D eigenvalue weighted by Gasteiger charge is -2.18. The van der Waals surface area contributed by atoms with E-state index in [1.807, 2.05) is 70.2 Å². The van der Waals surface area contributed by atoms with Gasteiger partial charge in [0, 0.05) is 27.8 Å². The number of esters is 1. The van der Waals surface area contributed by atoms with Gasteiger partial charge in [-0.15, -0.1) is 0 Å². The van der Waals surface area contributed by atoms with Gasteiger partial charge in [-0.3, -0.25) is 9.69 Å². The van der Waals surface area contributed by atoms with Crippen LogP contribution >= 0.6 is 11.6 Å². The average molecular weight is 505 g/mol. The maximum Gasteiger partial charge on any atom is 0.340 e. The number of anilines is 1. The molecule has 2 aromatic carbocycles. The molecule has 0 N–H and O–H groups in total. The third kappa shape index (κ3) is 4.44. The van der Waals surface area contributed by atoms with E-state index in [9.17, 15) is 9.59 Å². The molecule has 0 radical (unpaired) electrons. The van der Waals surface area contributed by atoms with Crippen molar-refractivity contribution in [3.8, 4) is 11.4 Å². The van der Waals surface area contributed by atoms with E-state index < -0.39 is 5.97 Å². The summed E-state index contributed by atoms with van der Waals surface area (Å²) in [6.45, 7) is 10.2. The van der Waals surface area contributed by atoms with E-state index in [2.05, 4.69) is 4.57 Å². The number of carbonyl (C=O) groups excluding carboxylic acids is 2. The van der Waals surface area contributed by atoms with Crippen molar-refractivity contribution in [2.24, 2.45) is 0 Å². The fourth-order valence-electron chi connectivity index (χ4n) is 4.56. The number of aryl methyl sites for hydroxylation is 2. The maximum absolute atomic E-state index is 13.7. The molecule has 1 aliphatic heterocycles. The van der Waals surface area contributed by atoms with Gasteiger partial charge in [-0.1, -0.05) is 17.7 Å². The molecule has 4 rings (SSSR count). The minimum Gasteiger partial charge on any atom is -0.494 e. The highest BCUT2D eigenvalue weighted by atomic mass is 35.5. The molecule has 186 valence electrons. The Morgan fingerprint density at radius 2 is 1.67 bits per heavy atom. The third-order valence-corrected chi connectivity index (χ3v) is 6.79. The zero-order chi connectivity index (χ0) is 26.1. The first-order valence-corrected chi connectivity index (χ1v) is 12.1. The number of methoxy groups -OCH3 is 1. The van der Waals surface area contributed by atoms with Crippen molar-refractivity contribution in [2.75, 3.05) is 18.6 Å². The second-order valence-corrected chi connectivity index (χ2v) is 9.08. The van der Waals surface area contributed by atoms with E-state index in [0.29, 0.717) is 23.0 Å². The second-order valence-electron chi connectivity index (χ2n) is 8.67. The molecule has 0 spiro atoms. The van der Waals surface area contributed by atoms with E-state index in [-0.39, 0.29) is 17.1 Å². The number of amides is 1. The van der Waals surface area contributed by atoms with Crippen LogP contribution in [0.4, 0.5) is 5.69 Å². The normalized spacial score (nSPS) is 14.7. The maximum atomic E-state index is 13.7. The average Bonchev–Trinajstić information content (AvgIpc) is 3.27. The van der Waals surface area contributed by atoms with Crippen LogP contribution in [0.5, 0.6) is 5.75 Å². The van der Waals surface area contributed by atoms with Gasteiger partial charge in [-0.25, -0.2) is 4.79 Å². The molecule has 0 saturated carbocycles. The number of nitrogens with zero attached hydrogens (tertiary/aromatic N) is 2. The van der Waals surface area contributed by atoms with Crippen molar-refractivity contribution in [1.82, 2.24) is 4.57 Å². The summed E-state index contributed by atoms with van der Waals surface area (Å²) in [7, 11) is 1.31. The minimum atomic E-state index is -0.562. The van der Waals surface area contributed by atoms with E-state index >= 15 is 0 Å². The zero-order valence-corrected chi connectivity index (χ0v) is 22.1. The molecular weight excluding hydrogens is 476 g/mol. The van der Waals surface area contributed by atoms with Crippen LogP contribution in [-0.4, -0.2) is 30.2 Å². The van der Waals surface area contributed by atoms with Crippen LogP contribution in [0.3, 0.4) is 0 Å². The van der Waals surface area contributed by atoms with Crippen molar-refractivity contribution in [3.63, 3.8) is 0 Å². The second kappa shape index (κ2) is 10.1. The molecule has 1 amide bonds. The summed E-state index contributed by atoms with van der Waals surface area (Å²) >= 11 is 6.34. The molecule has 7 heteroatoms. The highest BCUT2D eigenvalue weighted by Gasteiger charge is 2.38. The van der Waals surface area contributed by atoms with E-state index in [1.165, 1.54) is 12.0 Å². The fourth-order valence-corrected chi connectivity index (χ4v) is 4.73. The zero-order valence-electron chi connectivity index (χ0n) is 21.3. The minimum absolute atomic E-state index is 0.241. The van der Waals surface area contributed by atoms with Crippen LogP contribution in [0.2, 0.25) is 5.02 Å². The molecule has 36 heavy (non-hydrogen) atoms. The van der Waals surface area contributed by atoms with Crippen molar-refractivity contribution >= 4 is 35.2 Å². The molecule has 3 aromatic rings. The highest BCUT2D eigenvalue weighted by molar-refractivity contribution is 6.32. The smallest absolute Gasteiger partial charge is 0.340 e. The number of rotatable bonds is 6. The highest BCUT2D eigenvalue weighted by Crippen LogP contribution is 2.37. The van der Waals surface area contributed by atoms with Gasteiger partial charge in [-0.2, -0.15) is 0 Å².